The van der Waals surface area contributed by atoms with E-state index in [1.165, 1.54) is 5.56 Å². The molecule has 2 rings (SSSR count). The Morgan fingerprint density at radius 3 is 2.40 bits per heavy atom. The predicted molar refractivity (Wildman–Crippen MR) is 80.2 cm³/mol. The Morgan fingerprint density at radius 2 is 1.75 bits per heavy atom. The molecular formula is C15H24N4O. The highest BCUT2D eigenvalue weighted by Gasteiger charge is 2.16. The molecule has 1 amide bonds. The molecule has 3 N–H and O–H groups in total. The van der Waals surface area contributed by atoms with E-state index in [0.29, 0.717) is 6.54 Å². The van der Waals surface area contributed by atoms with Crippen molar-refractivity contribution in [2.75, 3.05) is 45.8 Å². The molecule has 0 radical (unpaired) electrons. The van der Waals surface area contributed by atoms with E-state index >= 15 is 0 Å². The van der Waals surface area contributed by atoms with Gasteiger partial charge in [-0.3, -0.25) is 14.6 Å². The maximum Gasteiger partial charge on any atom is 0.233 e. The van der Waals surface area contributed by atoms with Gasteiger partial charge in [0.15, 0.2) is 0 Å². The van der Waals surface area contributed by atoms with Crippen LogP contribution in [0.15, 0.2) is 30.3 Å². The quantitative estimate of drug-likeness (QED) is 0.760. The molecule has 0 aliphatic carbocycles. The number of nitrogens with zero attached hydrogens (tertiary/aromatic N) is 2. The lowest BCUT2D eigenvalue weighted by molar-refractivity contribution is -0.119. The summed E-state index contributed by atoms with van der Waals surface area (Å²) in [5.41, 5.74) is 6.62. The van der Waals surface area contributed by atoms with Gasteiger partial charge >= 0.3 is 0 Å². The summed E-state index contributed by atoms with van der Waals surface area (Å²) in [7, 11) is 0. The number of carbonyl (C=O) groups is 1. The molecule has 1 fully saturated rings. The highest BCUT2D eigenvalue weighted by molar-refractivity contribution is 5.77. The van der Waals surface area contributed by atoms with Crippen molar-refractivity contribution in [2.24, 2.45) is 5.73 Å². The van der Waals surface area contributed by atoms with Crippen LogP contribution in [0, 0.1) is 0 Å². The number of carbonyl (C=O) groups excluding carboxylic acids is 1. The first-order chi connectivity index (χ1) is 9.78. The molecule has 5 nitrogen and oxygen atoms in total. The van der Waals surface area contributed by atoms with E-state index in [2.05, 4.69) is 45.4 Å². The molecule has 1 aliphatic heterocycles. The van der Waals surface area contributed by atoms with Crippen molar-refractivity contribution in [3.63, 3.8) is 0 Å². The van der Waals surface area contributed by atoms with Crippen molar-refractivity contribution in [3.8, 4) is 0 Å². The highest BCUT2D eigenvalue weighted by Crippen LogP contribution is 2.07. The molecule has 110 valence electrons. The molecule has 0 unspecified atom stereocenters. The van der Waals surface area contributed by atoms with Crippen LogP contribution in [0.2, 0.25) is 0 Å². The van der Waals surface area contributed by atoms with Gasteiger partial charge in [0.2, 0.25) is 5.91 Å². The van der Waals surface area contributed by atoms with E-state index in [0.717, 1.165) is 39.3 Å². The van der Waals surface area contributed by atoms with Crippen LogP contribution < -0.4 is 11.1 Å². The molecule has 0 bridgehead atoms. The number of rotatable bonds is 6. The second-order valence-electron chi connectivity index (χ2n) is 5.16. The second kappa shape index (κ2) is 7.99. The van der Waals surface area contributed by atoms with Crippen LogP contribution in [0.3, 0.4) is 0 Å². The molecule has 1 heterocycles. The van der Waals surface area contributed by atoms with Gasteiger partial charge in [0, 0.05) is 45.8 Å². The third-order valence-corrected chi connectivity index (χ3v) is 3.65. The van der Waals surface area contributed by atoms with Crippen LogP contribution in [-0.4, -0.2) is 61.5 Å². The predicted octanol–water partition coefficient (Wildman–Crippen LogP) is -0.121. The summed E-state index contributed by atoms with van der Waals surface area (Å²) >= 11 is 0. The summed E-state index contributed by atoms with van der Waals surface area (Å²) in [6, 6.07) is 10.6. The van der Waals surface area contributed by atoms with Crippen LogP contribution in [0.25, 0.3) is 0 Å². The Morgan fingerprint density at radius 1 is 1.10 bits per heavy atom. The molecule has 0 atom stereocenters. The van der Waals surface area contributed by atoms with E-state index in [4.69, 9.17) is 5.73 Å². The molecule has 20 heavy (non-hydrogen) atoms. The Bertz CT molecular complexity index is 402. The highest BCUT2D eigenvalue weighted by atomic mass is 16.1. The van der Waals surface area contributed by atoms with Gasteiger partial charge in [0.25, 0.3) is 0 Å². The Kier molecular flexibility index (Phi) is 5.98. The number of benzene rings is 1. The monoisotopic (exact) mass is 276 g/mol. The number of nitrogens with two attached hydrogens (primary N) is 1. The molecule has 0 saturated carbocycles. The minimum Gasteiger partial charge on any atom is -0.354 e. The van der Waals surface area contributed by atoms with Crippen LogP contribution in [0.1, 0.15) is 5.56 Å². The fourth-order valence-electron chi connectivity index (χ4n) is 2.44. The molecule has 1 saturated heterocycles. The van der Waals surface area contributed by atoms with Gasteiger partial charge in [-0.15, -0.1) is 0 Å². The lowest BCUT2D eigenvalue weighted by Gasteiger charge is -2.34. The SMILES string of the molecule is NCC(=O)NCCN1CCN(Cc2ccccc2)CC1. The van der Waals surface area contributed by atoms with Crippen LogP contribution in [0.4, 0.5) is 0 Å². The molecule has 1 aromatic rings. The average Bonchev–Trinajstić information content (AvgIpc) is 2.50. The van der Waals surface area contributed by atoms with Gasteiger partial charge in [-0.2, -0.15) is 0 Å². The third-order valence-electron chi connectivity index (χ3n) is 3.65. The third kappa shape index (κ3) is 4.92. The Labute approximate surface area is 120 Å². The number of hydrogen-bond donors (Lipinski definition) is 2. The maximum absolute atomic E-state index is 11.0. The van der Waals surface area contributed by atoms with Crippen molar-refractivity contribution in [3.05, 3.63) is 35.9 Å². The van der Waals surface area contributed by atoms with Gasteiger partial charge in [-0.1, -0.05) is 30.3 Å². The first-order valence-corrected chi connectivity index (χ1v) is 7.23. The van der Waals surface area contributed by atoms with Crippen LogP contribution in [-0.2, 0) is 11.3 Å². The number of nitrogens with one attached hydrogen (secondary N) is 1. The molecular weight excluding hydrogens is 252 g/mol. The summed E-state index contributed by atoms with van der Waals surface area (Å²) in [4.78, 5) is 15.9. The minimum absolute atomic E-state index is 0.0743. The van der Waals surface area contributed by atoms with Gasteiger partial charge in [-0.05, 0) is 5.56 Å². The average molecular weight is 276 g/mol. The molecule has 1 aromatic carbocycles. The van der Waals surface area contributed by atoms with Gasteiger partial charge in [0.1, 0.15) is 0 Å². The van der Waals surface area contributed by atoms with E-state index in [1.807, 2.05) is 0 Å². The first-order valence-electron chi connectivity index (χ1n) is 7.23. The summed E-state index contributed by atoms with van der Waals surface area (Å²) < 4.78 is 0. The summed E-state index contributed by atoms with van der Waals surface area (Å²) in [6.07, 6.45) is 0. The Balaban J connectivity index is 1.64. The zero-order chi connectivity index (χ0) is 14.2. The lowest BCUT2D eigenvalue weighted by Crippen LogP contribution is -2.48. The topological polar surface area (TPSA) is 61.6 Å². The number of piperazine rings is 1. The first kappa shape index (κ1) is 15.0. The standard InChI is InChI=1S/C15H24N4O/c16-12-15(20)17-6-7-18-8-10-19(11-9-18)13-14-4-2-1-3-5-14/h1-5H,6-13,16H2,(H,17,20). The van der Waals surface area contributed by atoms with Crippen molar-refractivity contribution in [2.45, 2.75) is 6.54 Å². The summed E-state index contributed by atoms with van der Waals surface area (Å²) in [5.74, 6) is -0.0762. The maximum atomic E-state index is 11.0. The van der Waals surface area contributed by atoms with E-state index in [1.54, 1.807) is 0 Å². The summed E-state index contributed by atoms with van der Waals surface area (Å²) in [5, 5.41) is 2.81. The van der Waals surface area contributed by atoms with Crippen LogP contribution in [0.5, 0.6) is 0 Å². The number of amides is 1. The largest absolute Gasteiger partial charge is 0.354 e. The molecule has 1 aliphatic rings. The lowest BCUT2D eigenvalue weighted by atomic mass is 10.2. The fraction of sp³-hybridized carbons (Fsp3) is 0.533. The van der Waals surface area contributed by atoms with E-state index in [9.17, 15) is 4.79 Å². The zero-order valence-electron chi connectivity index (χ0n) is 11.9. The van der Waals surface area contributed by atoms with Crippen LogP contribution >= 0.6 is 0 Å². The normalized spacial score (nSPS) is 17.1. The molecule has 5 heteroatoms. The van der Waals surface area contributed by atoms with Crippen molar-refractivity contribution >= 4 is 5.91 Å². The van der Waals surface area contributed by atoms with E-state index in [-0.39, 0.29) is 12.5 Å². The van der Waals surface area contributed by atoms with Crippen molar-refractivity contribution in [1.82, 2.24) is 15.1 Å². The van der Waals surface area contributed by atoms with Gasteiger partial charge in [0.05, 0.1) is 6.54 Å². The number of hydrogen-bond acceptors (Lipinski definition) is 4. The summed E-state index contributed by atoms with van der Waals surface area (Å²) in [6.45, 7) is 6.99. The smallest absolute Gasteiger partial charge is 0.233 e. The minimum atomic E-state index is -0.0762. The van der Waals surface area contributed by atoms with Gasteiger partial charge in [-0.25, -0.2) is 0 Å². The zero-order valence-corrected chi connectivity index (χ0v) is 11.9. The molecule has 0 aromatic heterocycles. The van der Waals surface area contributed by atoms with E-state index < -0.39 is 0 Å². The Hall–Kier alpha value is -1.43. The van der Waals surface area contributed by atoms with Gasteiger partial charge < -0.3 is 11.1 Å². The molecule has 0 spiro atoms. The second-order valence-corrected chi connectivity index (χ2v) is 5.16. The van der Waals surface area contributed by atoms with Crippen molar-refractivity contribution in [1.29, 1.82) is 0 Å². The van der Waals surface area contributed by atoms with Crippen molar-refractivity contribution < 1.29 is 4.79 Å². The fourth-order valence-corrected chi connectivity index (χ4v) is 2.44.